The minimum Gasteiger partial charge on any atom is -0.488 e. The molecule has 1 fully saturated rings. The minimum absolute atomic E-state index is 0.0472. The van der Waals surface area contributed by atoms with E-state index in [9.17, 15) is 9.18 Å². The van der Waals surface area contributed by atoms with Crippen LogP contribution in [0.2, 0.25) is 0 Å². The van der Waals surface area contributed by atoms with Crippen LogP contribution in [0, 0.1) is 18.7 Å². The first kappa shape index (κ1) is 15.8. The second-order valence-corrected chi connectivity index (χ2v) is 6.13. The lowest BCUT2D eigenvalue weighted by molar-refractivity contribution is -0.127. The molecule has 0 aromatic heterocycles. The number of halogens is 1. The topological polar surface area (TPSA) is 64.3 Å². The van der Waals surface area contributed by atoms with Crippen LogP contribution in [0.4, 0.5) is 4.39 Å². The highest BCUT2D eigenvalue weighted by Gasteiger charge is 2.51. The minimum atomic E-state index is -0.926. The summed E-state index contributed by atoms with van der Waals surface area (Å²) in [6.07, 6.45) is 1.87. The van der Waals surface area contributed by atoms with E-state index in [4.69, 9.17) is 10.5 Å². The van der Waals surface area contributed by atoms with Gasteiger partial charge in [0.25, 0.3) is 0 Å². The second kappa shape index (κ2) is 6.02. The molecule has 1 aromatic carbocycles. The molecule has 1 saturated carbocycles. The number of amides is 1. The van der Waals surface area contributed by atoms with Crippen LogP contribution in [0.1, 0.15) is 32.3 Å². The highest BCUT2D eigenvalue weighted by atomic mass is 19.1. The van der Waals surface area contributed by atoms with Crippen molar-refractivity contribution in [1.29, 1.82) is 0 Å². The Morgan fingerprint density at radius 3 is 2.71 bits per heavy atom. The van der Waals surface area contributed by atoms with Crippen LogP contribution in [0.3, 0.4) is 0 Å². The second-order valence-electron chi connectivity index (χ2n) is 6.13. The van der Waals surface area contributed by atoms with Gasteiger partial charge in [0.1, 0.15) is 12.1 Å². The molecule has 0 radical (unpaired) electrons. The van der Waals surface area contributed by atoms with Gasteiger partial charge in [0.05, 0.1) is 0 Å². The molecule has 0 heterocycles. The summed E-state index contributed by atoms with van der Waals surface area (Å²) in [6.45, 7) is 5.81. The van der Waals surface area contributed by atoms with E-state index >= 15 is 0 Å². The molecular formula is C16H23FN2O2. The SMILES string of the molecule is Cc1ccc(F)c(OCC(NC(C)C)(C(N)=O)C2CC2)c1. The zero-order valence-corrected chi connectivity index (χ0v) is 12.8. The van der Waals surface area contributed by atoms with Crippen molar-refractivity contribution >= 4 is 5.91 Å². The highest BCUT2D eigenvalue weighted by Crippen LogP contribution is 2.40. The molecule has 1 aliphatic carbocycles. The van der Waals surface area contributed by atoms with Gasteiger partial charge in [-0.2, -0.15) is 0 Å². The average molecular weight is 294 g/mol. The molecule has 4 nitrogen and oxygen atoms in total. The molecular weight excluding hydrogens is 271 g/mol. The number of aryl methyl sites for hydroxylation is 1. The molecule has 3 N–H and O–H groups in total. The zero-order chi connectivity index (χ0) is 15.6. The van der Waals surface area contributed by atoms with Crippen molar-refractivity contribution in [3.05, 3.63) is 29.6 Å². The Morgan fingerprint density at radius 2 is 2.19 bits per heavy atom. The fourth-order valence-corrected chi connectivity index (χ4v) is 2.62. The Bertz CT molecular complexity index is 529. The lowest BCUT2D eigenvalue weighted by Crippen LogP contribution is -2.62. The van der Waals surface area contributed by atoms with Crippen molar-refractivity contribution < 1.29 is 13.9 Å². The first-order valence-electron chi connectivity index (χ1n) is 7.31. The van der Waals surface area contributed by atoms with E-state index in [2.05, 4.69) is 5.32 Å². The van der Waals surface area contributed by atoms with Crippen molar-refractivity contribution in [2.75, 3.05) is 6.61 Å². The lowest BCUT2D eigenvalue weighted by Gasteiger charge is -2.33. The fourth-order valence-electron chi connectivity index (χ4n) is 2.62. The zero-order valence-electron chi connectivity index (χ0n) is 12.8. The highest BCUT2D eigenvalue weighted by molar-refractivity contribution is 5.86. The van der Waals surface area contributed by atoms with E-state index in [0.717, 1.165) is 18.4 Å². The normalized spacial score (nSPS) is 17.6. The first-order chi connectivity index (χ1) is 9.85. The Kier molecular flexibility index (Phi) is 4.52. The maximum atomic E-state index is 13.8. The van der Waals surface area contributed by atoms with E-state index in [0.29, 0.717) is 0 Å². The number of hydrogen-bond acceptors (Lipinski definition) is 3. The van der Waals surface area contributed by atoms with E-state index in [1.807, 2.05) is 20.8 Å². The summed E-state index contributed by atoms with van der Waals surface area (Å²) in [4.78, 5) is 12.0. The number of hydrogen-bond donors (Lipinski definition) is 2. The van der Waals surface area contributed by atoms with Gasteiger partial charge in [-0.15, -0.1) is 0 Å². The summed E-state index contributed by atoms with van der Waals surface area (Å²) in [5.41, 5.74) is 5.59. The molecule has 1 amide bonds. The van der Waals surface area contributed by atoms with Crippen LogP contribution < -0.4 is 15.8 Å². The Morgan fingerprint density at radius 1 is 1.52 bits per heavy atom. The van der Waals surface area contributed by atoms with Crippen molar-refractivity contribution in [3.8, 4) is 5.75 Å². The van der Waals surface area contributed by atoms with Crippen LogP contribution >= 0.6 is 0 Å². The summed E-state index contributed by atoms with van der Waals surface area (Å²) in [5, 5.41) is 3.24. The third-order valence-corrected chi connectivity index (χ3v) is 3.80. The standard InChI is InChI=1S/C16H23FN2O2/c1-10(2)19-16(15(18)20,12-5-6-12)9-21-14-8-11(3)4-7-13(14)17/h4,7-8,10,12,19H,5-6,9H2,1-3H3,(H2,18,20). The summed E-state index contributed by atoms with van der Waals surface area (Å²) >= 11 is 0. The summed E-state index contributed by atoms with van der Waals surface area (Å²) < 4.78 is 19.4. The van der Waals surface area contributed by atoms with Gasteiger partial charge in [0.2, 0.25) is 5.91 Å². The number of nitrogens with one attached hydrogen (secondary N) is 1. The van der Waals surface area contributed by atoms with E-state index in [-0.39, 0.29) is 24.3 Å². The van der Waals surface area contributed by atoms with Crippen LogP contribution in [0.25, 0.3) is 0 Å². The van der Waals surface area contributed by atoms with Gasteiger partial charge in [0.15, 0.2) is 11.6 Å². The maximum absolute atomic E-state index is 13.8. The van der Waals surface area contributed by atoms with Gasteiger partial charge in [-0.3, -0.25) is 10.1 Å². The predicted octanol–water partition coefficient (Wildman–Crippen LogP) is 2.15. The van der Waals surface area contributed by atoms with Crippen LogP contribution in [0.15, 0.2) is 18.2 Å². The van der Waals surface area contributed by atoms with Crippen molar-refractivity contribution in [2.24, 2.45) is 11.7 Å². The maximum Gasteiger partial charge on any atom is 0.241 e. The molecule has 5 heteroatoms. The molecule has 21 heavy (non-hydrogen) atoms. The van der Waals surface area contributed by atoms with Gasteiger partial charge in [-0.25, -0.2) is 4.39 Å². The van der Waals surface area contributed by atoms with Crippen molar-refractivity contribution in [3.63, 3.8) is 0 Å². The number of nitrogens with two attached hydrogens (primary N) is 1. The van der Waals surface area contributed by atoms with Gasteiger partial charge in [-0.1, -0.05) is 6.07 Å². The van der Waals surface area contributed by atoms with Gasteiger partial charge < -0.3 is 10.5 Å². The molecule has 1 unspecified atom stereocenters. The quantitative estimate of drug-likeness (QED) is 0.810. The third-order valence-electron chi connectivity index (χ3n) is 3.80. The summed E-state index contributed by atoms with van der Waals surface area (Å²) in [5.74, 6) is -0.553. The monoisotopic (exact) mass is 294 g/mol. The average Bonchev–Trinajstić information content (AvgIpc) is 3.22. The molecule has 0 bridgehead atoms. The summed E-state index contributed by atoms with van der Waals surface area (Å²) in [6, 6.07) is 4.76. The Labute approximate surface area is 124 Å². The number of primary amides is 1. The summed E-state index contributed by atoms with van der Waals surface area (Å²) in [7, 11) is 0. The molecule has 1 atom stereocenters. The molecule has 0 aliphatic heterocycles. The van der Waals surface area contributed by atoms with Crippen molar-refractivity contribution in [2.45, 2.75) is 45.2 Å². The van der Waals surface area contributed by atoms with Crippen LogP contribution in [0.5, 0.6) is 5.75 Å². The molecule has 2 rings (SSSR count). The molecule has 116 valence electrons. The van der Waals surface area contributed by atoms with Gasteiger partial charge >= 0.3 is 0 Å². The molecule has 0 spiro atoms. The number of carbonyl (C=O) groups is 1. The number of rotatable bonds is 7. The largest absolute Gasteiger partial charge is 0.488 e. The fraction of sp³-hybridized carbons (Fsp3) is 0.562. The number of benzene rings is 1. The van der Waals surface area contributed by atoms with E-state index in [1.54, 1.807) is 12.1 Å². The van der Waals surface area contributed by atoms with Crippen LogP contribution in [-0.2, 0) is 4.79 Å². The number of carbonyl (C=O) groups excluding carboxylic acids is 1. The molecule has 0 saturated heterocycles. The smallest absolute Gasteiger partial charge is 0.241 e. The van der Waals surface area contributed by atoms with Crippen molar-refractivity contribution in [1.82, 2.24) is 5.32 Å². The van der Waals surface area contributed by atoms with E-state index < -0.39 is 17.3 Å². The number of ether oxygens (including phenoxy) is 1. The van der Waals surface area contributed by atoms with Gasteiger partial charge in [0, 0.05) is 6.04 Å². The lowest BCUT2D eigenvalue weighted by atomic mass is 9.92. The molecule has 1 aromatic rings. The first-order valence-corrected chi connectivity index (χ1v) is 7.31. The molecule has 1 aliphatic rings. The van der Waals surface area contributed by atoms with Gasteiger partial charge in [-0.05, 0) is 57.2 Å². The Balaban J connectivity index is 2.19. The van der Waals surface area contributed by atoms with E-state index in [1.165, 1.54) is 6.07 Å². The van der Waals surface area contributed by atoms with Crippen LogP contribution in [-0.4, -0.2) is 24.1 Å². The third kappa shape index (κ3) is 3.53. The Hall–Kier alpha value is -1.62. The predicted molar refractivity (Wildman–Crippen MR) is 79.6 cm³/mol.